The number of anilines is 6. The number of para-hydroxylation sites is 4. The van der Waals surface area contributed by atoms with Gasteiger partial charge < -0.3 is 27.8 Å². The molecule has 17 aromatic rings. The fourth-order valence-electron chi connectivity index (χ4n) is 13.7. The summed E-state index contributed by atoms with van der Waals surface area (Å²) < 4.78 is 18.6. The molecule has 4 heterocycles. The molecule has 0 N–H and O–H groups in total. The average Bonchev–Trinajstić information content (AvgIpc) is 2.32. The molecule has 0 atom stereocenters. The van der Waals surface area contributed by atoms with Crippen LogP contribution in [0.5, 0.6) is 0 Å². The zero-order valence-electron chi connectivity index (χ0n) is 48.2. The summed E-state index contributed by atoms with van der Waals surface area (Å²) in [6.07, 6.45) is 0. The lowest BCUT2D eigenvalue weighted by atomic mass is 10.0. The highest BCUT2D eigenvalue weighted by Crippen LogP contribution is 2.48. The van der Waals surface area contributed by atoms with Crippen LogP contribution in [0.4, 0.5) is 34.1 Å². The van der Waals surface area contributed by atoms with Crippen LogP contribution in [-0.4, -0.2) is 9.13 Å². The Morgan fingerprint density at radius 2 is 0.640 bits per heavy atom. The number of hydrogen-bond donors (Lipinski definition) is 0. The predicted molar refractivity (Wildman–Crippen MR) is 362 cm³/mol. The van der Waals surface area contributed by atoms with Gasteiger partial charge in [-0.25, -0.2) is 0 Å². The predicted octanol–water partition coefficient (Wildman–Crippen LogP) is 23.2. The summed E-state index contributed by atoms with van der Waals surface area (Å²) in [6, 6.07) is 97.6. The molecule has 0 fully saturated rings. The van der Waals surface area contributed by atoms with E-state index >= 15 is 0 Å². The van der Waals surface area contributed by atoms with Crippen molar-refractivity contribution >= 4 is 143 Å². The molecule has 86 heavy (non-hydrogen) atoms. The van der Waals surface area contributed by atoms with E-state index in [2.05, 4.69) is 314 Å². The molecule has 0 aliphatic rings. The maximum atomic E-state index is 6.90. The van der Waals surface area contributed by atoms with Crippen molar-refractivity contribution in [2.45, 2.75) is 39.5 Å². The Labute approximate surface area is 497 Å². The first kappa shape index (κ1) is 49.8. The van der Waals surface area contributed by atoms with Crippen molar-refractivity contribution in [1.29, 1.82) is 0 Å². The Bertz CT molecular complexity index is 5190. The van der Waals surface area contributed by atoms with Crippen LogP contribution in [0.2, 0.25) is 0 Å². The van der Waals surface area contributed by atoms with Crippen molar-refractivity contribution < 1.29 is 8.83 Å². The van der Waals surface area contributed by atoms with E-state index in [0.717, 1.165) is 122 Å². The highest BCUT2D eigenvalue weighted by Gasteiger charge is 2.25. The lowest BCUT2D eigenvalue weighted by Gasteiger charge is -2.27. The molecular formula is C80H58N4O2. The highest BCUT2D eigenvalue weighted by atomic mass is 16.3. The van der Waals surface area contributed by atoms with Crippen molar-refractivity contribution in [3.05, 3.63) is 278 Å². The van der Waals surface area contributed by atoms with Crippen LogP contribution >= 0.6 is 0 Å². The van der Waals surface area contributed by atoms with Crippen molar-refractivity contribution in [3.63, 3.8) is 0 Å². The number of hydrogen-bond acceptors (Lipinski definition) is 4. The van der Waals surface area contributed by atoms with Crippen molar-refractivity contribution in [1.82, 2.24) is 9.13 Å². The molecule has 0 aliphatic heterocycles. The van der Waals surface area contributed by atoms with Gasteiger partial charge in [0.25, 0.3) is 0 Å². The number of nitrogens with zero attached hydrogens (tertiary/aromatic N) is 4. The fourth-order valence-corrected chi connectivity index (χ4v) is 13.7. The van der Waals surface area contributed by atoms with Crippen molar-refractivity contribution in [2.75, 3.05) is 9.80 Å². The Hall–Kier alpha value is -10.8. The van der Waals surface area contributed by atoms with E-state index in [-0.39, 0.29) is 0 Å². The highest BCUT2D eigenvalue weighted by molar-refractivity contribution is 6.21. The average molecular weight is 1110 g/mol. The van der Waals surface area contributed by atoms with E-state index in [0.29, 0.717) is 11.8 Å². The summed E-state index contributed by atoms with van der Waals surface area (Å²) in [5.74, 6) is 0.832. The first-order valence-electron chi connectivity index (χ1n) is 29.9. The maximum absolute atomic E-state index is 6.90. The molecule has 6 heteroatoms. The number of fused-ring (bicyclic) bond motifs is 14. The van der Waals surface area contributed by atoms with Crippen molar-refractivity contribution in [3.8, 4) is 11.4 Å². The van der Waals surface area contributed by atoms with E-state index in [4.69, 9.17) is 8.83 Å². The zero-order chi connectivity index (χ0) is 57.3. The first-order chi connectivity index (χ1) is 42.3. The van der Waals surface area contributed by atoms with Crippen LogP contribution in [0.15, 0.2) is 276 Å². The summed E-state index contributed by atoms with van der Waals surface area (Å²) in [5, 5.41) is 13.4. The summed E-state index contributed by atoms with van der Waals surface area (Å²) in [5.41, 5.74) is 19.4. The summed E-state index contributed by atoms with van der Waals surface area (Å²) in [7, 11) is 0. The van der Waals surface area contributed by atoms with Gasteiger partial charge in [0, 0.05) is 77.2 Å². The van der Waals surface area contributed by atoms with Crippen LogP contribution in [0, 0.1) is 0 Å². The van der Waals surface area contributed by atoms with E-state index in [1.807, 2.05) is 0 Å². The lowest BCUT2D eigenvalue weighted by Crippen LogP contribution is -2.10. The third kappa shape index (κ3) is 7.79. The molecule has 410 valence electrons. The number of furan rings is 2. The zero-order valence-corrected chi connectivity index (χ0v) is 48.2. The van der Waals surface area contributed by atoms with Gasteiger partial charge in [-0.15, -0.1) is 0 Å². The number of rotatable bonds is 10. The van der Waals surface area contributed by atoms with E-state index < -0.39 is 0 Å². The molecule has 0 unspecified atom stereocenters. The molecule has 0 saturated carbocycles. The second-order valence-electron chi connectivity index (χ2n) is 23.7. The summed E-state index contributed by atoms with van der Waals surface area (Å²) in [4.78, 5) is 4.85. The molecule has 6 nitrogen and oxygen atoms in total. The normalized spacial score (nSPS) is 12.2. The van der Waals surface area contributed by atoms with Gasteiger partial charge in [0.1, 0.15) is 22.3 Å². The topological polar surface area (TPSA) is 42.6 Å². The van der Waals surface area contributed by atoms with Gasteiger partial charge >= 0.3 is 0 Å². The molecule has 4 aromatic heterocycles. The Kier molecular flexibility index (Phi) is 11.2. The first-order valence-corrected chi connectivity index (χ1v) is 29.9. The summed E-state index contributed by atoms with van der Waals surface area (Å²) >= 11 is 0. The Balaban J connectivity index is 0.777. The van der Waals surface area contributed by atoms with Crippen LogP contribution in [-0.2, 0) is 0 Å². The minimum atomic E-state index is 0.416. The molecule has 0 aliphatic carbocycles. The molecule has 0 radical (unpaired) electrons. The van der Waals surface area contributed by atoms with Gasteiger partial charge in [0.15, 0.2) is 0 Å². The van der Waals surface area contributed by atoms with Gasteiger partial charge in [-0.1, -0.05) is 149 Å². The Morgan fingerprint density at radius 1 is 0.279 bits per heavy atom. The number of aromatic nitrogens is 2. The van der Waals surface area contributed by atoms with Gasteiger partial charge in [-0.2, -0.15) is 0 Å². The minimum absolute atomic E-state index is 0.416. The smallest absolute Gasteiger partial charge is 0.136 e. The molecule has 13 aromatic carbocycles. The molecule has 17 rings (SSSR count). The van der Waals surface area contributed by atoms with Gasteiger partial charge in [-0.3, -0.25) is 0 Å². The lowest BCUT2D eigenvalue weighted by molar-refractivity contribution is 0.664. The molecule has 0 spiro atoms. The van der Waals surface area contributed by atoms with Gasteiger partial charge in [0.05, 0.1) is 33.4 Å². The Morgan fingerprint density at radius 3 is 1.06 bits per heavy atom. The van der Waals surface area contributed by atoms with Gasteiger partial charge in [0.2, 0.25) is 0 Å². The molecule has 0 amide bonds. The van der Waals surface area contributed by atoms with Gasteiger partial charge in [-0.05, 0) is 190 Å². The van der Waals surface area contributed by atoms with E-state index in [1.54, 1.807) is 0 Å². The minimum Gasteiger partial charge on any atom is -0.456 e. The second-order valence-corrected chi connectivity index (χ2v) is 23.7. The van der Waals surface area contributed by atoms with Crippen LogP contribution in [0.3, 0.4) is 0 Å². The molecule has 0 saturated heterocycles. The SMILES string of the molecule is CC(C)c1ccc(N(c2ccc3cc4c(cc3c2)oc2cc3c(cc24)oc2cc4cc(N(c5ccc(C(C)C)cc5)c5cccc6c5c5ccccc5n6-c5ccccc5)ccc4cc23)c2cccc3c2c2ccccc2n3-c2ccccc2)cc1. The van der Waals surface area contributed by atoms with Crippen LogP contribution in [0.1, 0.15) is 50.7 Å². The second kappa shape index (κ2) is 19.4. The van der Waals surface area contributed by atoms with Crippen LogP contribution in [0.25, 0.3) is 120 Å². The van der Waals surface area contributed by atoms with E-state index in [1.165, 1.54) is 43.7 Å². The third-order valence-corrected chi connectivity index (χ3v) is 18.0. The van der Waals surface area contributed by atoms with E-state index in [9.17, 15) is 0 Å². The molecular weight excluding hydrogens is 1050 g/mol. The molecule has 0 bridgehead atoms. The summed E-state index contributed by atoms with van der Waals surface area (Å²) in [6.45, 7) is 9.00. The fraction of sp³-hybridized carbons (Fsp3) is 0.0750. The number of benzene rings is 13. The standard InChI is InChI=1S/C80H58N4O2/c1-49(2)51-29-35-59(36-30-51)81(71-25-15-27-73-79(71)63-21-11-13-23-69(63)83(73)57-17-7-5-8-18-57)61-39-33-53-43-65-67-47-78-68(48-77(67)85-75(65)45-55(53)41-61)66-44-54-34-40-62(42-56(54)46-76(66)86-78)82(60-37-31-52(32-38-60)50(3)4)72-26-16-28-74-80(72)64-22-12-14-24-70(64)84(74)58-19-9-6-10-20-58/h5-50H,1-4H3. The monoisotopic (exact) mass is 1110 g/mol. The maximum Gasteiger partial charge on any atom is 0.136 e. The van der Waals surface area contributed by atoms with Crippen molar-refractivity contribution in [2.24, 2.45) is 0 Å². The third-order valence-electron chi connectivity index (χ3n) is 18.0. The largest absolute Gasteiger partial charge is 0.456 e. The van der Waals surface area contributed by atoms with Crippen LogP contribution < -0.4 is 9.80 Å². The quantitative estimate of drug-likeness (QED) is 0.137.